The van der Waals surface area contributed by atoms with Crippen LogP contribution < -0.4 is 5.32 Å². The lowest BCUT2D eigenvalue weighted by Crippen LogP contribution is -2.54. The maximum atomic E-state index is 14.8. The molecule has 6 nitrogen and oxygen atoms in total. The number of piperazine rings is 1. The molecule has 1 N–H and O–H groups in total. The first-order chi connectivity index (χ1) is 20.8. The van der Waals surface area contributed by atoms with Gasteiger partial charge >= 0.3 is 0 Å². The van der Waals surface area contributed by atoms with Crippen molar-refractivity contribution in [3.05, 3.63) is 129 Å². The van der Waals surface area contributed by atoms with Crippen molar-refractivity contribution < 1.29 is 18.8 Å². The van der Waals surface area contributed by atoms with E-state index in [4.69, 9.17) is 0 Å². The zero-order chi connectivity index (χ0) is 30.1. The van der Waals surface area contributed by atoms with Crippen molar-refractivity contribution in [2.45, 2.75) is 31.8 Å². The Hall–Kier alpha value is -4.14. The minimum absolute atomic E-state index is 0.141. The van der Waals surface area contributed by atoms with Crippen LogP contribution in [0.4, 0.5) is 4.39 Å². The summed E-state index contributed by atoms with van der Waals surface area (Å²) in [5.74, 6) is -2.53. The van der Waals surface area contributed by atoms with Crippen LogP contribution in [0.2, 0.25) is 0 Å². The van der Waals surface area contributed by atoms with Gasteiger partial charge in [0.25, 0.3) is 5.91 Å². The van der Waals surface area contributed by atoms with Crippen LogP contribution in [0.1, 0.15) is 54.2 Å². The number of rotatable bonds is 6. The number of nitrogens with zero attached hydrogens (tertiary/aromatic N) is 2. The molecule has 0 saturated carbocycles. The number of benzene rings is 3. The van der Waals surface area contributed by atoms with Crippen LogP contribution >= 0.6 is 11.3 Å². The Bertz CT molecular complexity index is 1630. The number of halogens is 1. The third kappa shape index (κ3) is 5.53. The van der Waals surface area contributed by atoms with E-state index in [2.05, 4.69) is 5.32 Å². The molecule has 3 heterocycles. The SMILES string of the molecule is Cc1cccc(C(=O)C2C(c3ccc(F)cc3)C(C(=O)N3CCNCC3)N(C(=O)c3ccccc3)C2c2sccc2C)c1. The molecule has 43 heavy (non-hydrogen) atoms. The number of nitrogens with one attached hydrogen (secondary N) is 1. The van der Waals surface area contributed by atoms with Gasteiger partial charge in [0.1, 0.15) is 11.9 Å². The first-order valence-corrected chi connectivity index (χ1v) is 15.5. The van der Waals surface area contributed by atoms with E-state index in [-0.39, 0.29) is 17.6 Å². The first-order valence-electron chi connectivity index (χ1n) is 14.6. The van der Waals surface area contributed by atoms with E-state index in [0.717, 1.165) is 16.0 Å². The number of carbonyl (C=O) groups excluding carboxylic acids is 3. The van der Waals surface area contributed by atoms with Crippen LogP contribution in [-0.2, 0) is 4.79 Å². The quantitative estimate of drug-likeness (QED) is 0.287. The molecule has 2 fully saturated rings. The number of thiophene rings is 1. The van der Waals surface area contributed by atoms with E-state index < -0.39 is 29.7 Å². The highest BCUT2D eigenvalue weighted by Crippen LogP contribution is 2.53. The monoisotopic (exact) mass is 595 g/mol. The standard InChI is InChI=1S/C35H34FN3O3S/c1-22-7-6-10-26(21-22)32(40)29-28(24-11-13-27(36)14-12-24)31(35(42)38-18-16-37-17-19-38)39(30(29)33-23(2)15-20-43-33)34(41)25-8-4-3-5-9-25/h3-15,20-21,28-31,37H,16-19H2,1-2H3. The lowest BCUT2D eigenvalue weighted by Gasteiger charge is -2.36. The number of carbonyl (C=O) groups is 3. The molecule has 1 aromatic heterocycles. The van der Waals surface area contributed by atoms with Crippen molar-refractivity contribution in [2.24, 2.45) is 5.92 Å². The Balaban J connectivity index is 1.61. The summed E-state index contributed by atoms with van der Waals surface area (Å²) in [7, 11) is 0. The van der Waals surface area contributed by atoms with Gasteiger partial charge in [-0.15, -0.1) is 11.3 Å². The Morgan fingerprint density at radius 3 is 2.21 bits per heavy atom. The lowest BCUT2D eigenvalue weighted by atomic mass is 9.76. The zero-order valence-electron chi connectivity index (χ0n) is 24.2. The minimum Gasteiger partial charge on any atom is -0.338 e. The van der Waals surface area contributed by atoms with Crippen molar-refractivity contribution in [3.63, 3.8) is 0 Å². The van der Waals surface area contributed by atoms with E-state index in [1.165, 1.54) is 23.5 Å². The molecule has 0 spiro atoms. The molecule has 0 bridgehead atoms. The molecular formula is C35H34FN3O3S. The molecule has 3 aromatic carbocycles. The van der Waals surface area contributed by atoms with Gasteiger partial charge in [0.2, 0.25) is 5.91 Å². The molecule has 0 aliphatic carbocycles. The van der Waals surface area contributed by atoms with Gasteiger partial charge in [-0.3, -0.25) is 14.4 Å². The maximum absolute atomic E-state index is 14.8. The van der Waals surface area contributed by atoms with E-state index in [1.807, 2.05) is 49.6 Å². The third-order valence-electron chi connectivity index (χ3n) is 8.63. The van der Waals surface area contributed by atoms with Gasteiger partial charge in [-0.25, -0.2) is 4.39 Å². The zero-order valence-corrected chi connectivity index (χ0v) is 25.0. The Morgan fingerprint density at radius 2 is 1.56 bits per heavy atom. The van der Waals surface area contributed by atoms with Gasteiger partial charge in [-0.1, -0.05) is 54.1 Å². The average molecular weight is 596 g/mol. The molecule has 4 unspecified atom stereocenters. The Labute approximate surface area is 255 Å². The second-order valence-corrected chi connectivity index (χ2v) is 12.3. The van der Waals surface area contributed by atoms with E-state index >= 15 is 0 Å². The molecule has 6 rings (SSSR count). The van der Waals surface area contributed by atoms with Crippen molar-refractivity contribution in [1.82, 2.24) is 15.1 Å². The number of amides is 2. The van der Waals surface area contributed by atoms with Crippen LogP contribution in [0.15, 0.2) is 90.3 Å². The molecule has 8 heteroatoms. The number of hydrogen-bond donors (Lipinski definition) is 1. The minimum atomic E-state index is -0.971. The summed E-state index contributed by atoms with van der Waals surface area (Å²) in [4.78, 5) is 48.4. The highest BCUT2D eigenvalue weighted by atomic mass is 32.1. The fourth-order valence-electron chi connectivity index (χ4n) is 6.59. The van der Waals surface area contributed by atoms with Gasteiger partial charge < -0.3 is 15.1 Å². The third-order valence-corrected chi connectivity index (χ3v) is 9.72. The van der Waals surface area contributed by atoms with E-state index in [1.54, 1.807) is 52.3 Å². The predicted octanol–water partition coefficient (Wildman–Crippen LogP) is 5.78. The Kier molecular flexibility index (Phi) is 8.23. The van der Waals surface area contributed by atoms with Crippen LogP contribution in [0, 0.1) is 25.6 Å². The first kappa shape index (κ1) is 29.0. The van der Waals surface area contributed by atoms with E-state index in [9.17, 15) is 18.8 Å². The number of ketones is 1. The predicted molar refractivity (Wildman–Crippen MR) is 166 cm³/mol. The van der Waals surface area contributed by atoms with Crippen LogP contribution in [0.5, 0.6) is 0 Å². The molecule has 0 radical (unpaired) electrons. The van der Waals surface area contributed by atoms with Gasteiger partial charge in [-0.05, 0) is 66.8 Å². The summed E-state index contributed by atoms with van der Waals surface area (Å²) < 4.78 is 14.3. The Morgan fingerprint density at radius 1 is 0.860 bits per heavy atom. The number of likely N-dealkylation sites (tertiary alicyclic amines) is 1. The van der Waals surface area contributed by atoms with Gasteiger partial charge in [0, 0.05) is 48.1 Å². The molecule has 4 aromatic rings. The van der Waals surface area contributed by atoms with Crippen LogP contribution in [-0.4, -0.2) is 59.6 Å². The van der Waals surface area contributed by atoms with Crippen LogP contribution in [0.3, 0.4) is 0 Å². The van der Waals surface area contributed by atoms with Gasteiger partial charge in [0.05, 0.1) is 12.0 Å². The molecule has 2 saturated heterocycles. The maximum Gasteiger partial charge on any atom is 0.255 e. The fraction of sp³-hybridized carbons (Fsp3) is 0.286. The lowest BCUT2D eigenvalue weighted by molar-refractivity contribution is -0.136. The smallest absolute Gasteiger partial charge is 0.255 e. The summed E-state index contributed by atoms with van der Waals surface area (Å²) >= 11 is 1.49. The van der Waals surface area contributed by atoms with Crippen molar-refractivity contribution in [2.75, 3.05) is 26.2 Å². The fourth-order valence-corrected chi connectivity index (χ4v) is 7.66. The molecular weight excluding hydrogens is 561 g/mol. The average Bonchev–Trinajstić information content (AvgIpc) is 3.62. The number of aryl methyl sites for hydroxylation is 2. The molecule has 4 atom stereocenters. The van der Waals surface area contributed by atoms with Crippen molar-refractivity contribution in [3.8, 4) is 0 Å². The second-order valence-electron chi connectivity index (χ2n) is 11.3. The largest absolute Gasteiger partial charge is 0.338 e. The summed E-state index contributed by atoms with van der Waals surface area (Å²) in [6.07, 6.45) is 0. The molecule has 220 valence electrons. The summed E-state index contributed by atoms with van der Waals surface area (Å²) in [5, 5.41) is 5.25. The summed E-state index contributed by atoms with van der Waals surface area (Å²) in [6, 6.07) is 22.7. The number of hydrogen-bond acceptors (Lipinski definition) is 5. The van der Waals surface area contributed by atoms with Gasteiger partial charge in [0.15, 0.2) is 5.78 Å². The van der Waals surface area contributed by atoms with Crippen molar-refractivity contribution in [1.29, 1.82) is 0 Å². The highest BCUT2D eigenvalue weighted by Gasteiger charge is 2.58. The highest BCUT2D eigenvalue weighted by molar-refractivity contribution is 7.10. The topological polar surface area (TPSA) is 69.7 Å². The van der Waals surface area contributed by atoms with Crippen LogP contribution in [0.25, 0.3) is 0 Å². The summed E-state index contributed by atoms with van der Waals surface area (Å²) in [5.41, 5.74) is 3.52. The summed E-state index contributed by atoms with van der Waals surface area (Å²) in [6.45, 7) is 6.20. The van der Waals surface area contributed by atoms with Crippen molar-refractivity contribution >= 4 is 28.9 Å². The molecule has 2 aliphatic rings. The normalized spacial score (nSPS) is 22.0. The van der Waals surface area contributed by atoms with E-state index in [0.29, 0.717) is 42.9 Å². The molecule has 2 amide bonds. The van der Waals surface area contributed by atoms with Gasteiger partial charge in [-0.2, -0.15) is 0 Å². The number of Topliss-reactive ketones (excluding diaryl/α,β-unsaturated/α-hetero) is 1. The molecule has 2 aliphatic heterocycles. The second kappa shape index (κ2) is 12.2.